The number of nitrogens with zero attached hydrogens (tertiary/aromatic N) is 1. The molecule has 0 spiro atoms. The normalized spacial score (nSPS) is 13.3. The van der Waals surface area contributed by atoms with Crippen molar-refractivity contribution in [2.75, 3.05) is 6.61 Å². The fraction of sp³-hybridized carbons (Fsp3) is 0.214. The van der Waals surface area contributed by atoms with E-state index in [1.54, 1.807) is 0 Å². The highest BCUT2D eigenvalue weighted by Crippen LogP contribution is 2.29. The van der Waals surface area contributed by atoms with Gasteiger partial charge >= 0.3 is 0 Å². The quantitative estimate of drug-likeness (QED) is 0.723. The molecule has 0 saturated carbocycles. The van der Waals surface area contributed by atoms with Crippen LogP contribution in [0, 0.1) is 6.92 Å². The molecule has 2 nitrogen and oxygen atoms in total. The summed E-state index contributed by atoms with van der Waals surface area (Å²) in [5.74, 6) is 1.02. The third-order valence-corrected chi connectivity index (χ3v) is 2.87. The lowest BCUT2D eigenvalue weighted by atomic mass is 10.1. The highest BCUT2D eigenvalue weighted by molar-refractivity contribution is 5.62. The molecule has 2 aromatic rings. The topological polar surface area (TPSA) is 22.1 Å². The van der Waals surface area contributed by atoms with Crippen LogP contribution in [0.1, 0.15) is 11.3 Å². The van der Waals surface area contributed by atoms with Gasteiger partial charge in [0.25, 0.3) is 0 Å². The summed E-state index contributed by atoms with van der Waals surface area (Å²) in [7, 11) is 0. The molecule has 0 saturated heterocycles. The van der Waals surface area contributed by atoms with E-state index in [9.17, 15) is 0 Å². The molecule has 80 valence electrons. The van der Waals surface area contributed by atoms with E-state index in [1.807, 2.05) is 31.2 Å². The van der Waals surface area contributed by atoms with E-state index in [1.165, 1.54) is 11.1 Å². The maximum atomic E-state index is 5.49. The number of pyridine rings is 1. The zero-order chi connectivity index (χ0) is 11.0. The Morgan fingerprint density at radius 1 is 1.19 bits per heavy atom. The van der Waals surface area contributed by atoms with Crippen molar-refractivity contribution in [3.05, 3.63) is 47.7 Å². The van der Waals surface area contributed by atoms with Gasteiger partial charge in [-0.2, -0.15) is 0 Å². The van der Waals surface area contributed by atoms with E-state index < -0.39 is 0 Å². The zero-order valence-electron chi connectivity index (χ0n) is 9.23. The molecule has 2 heterocycles. The molecule has 1 aromatic heterocycles. The van der Waals surface area contributed by atoms with Gasteiger partial charge in [0, 0.05) is 17.7 Å². The zero-order valence-corrected chi connectivity index (χ0v) is 9.23. The first-order chi connectivity index (χ1) is 7.83. The van der Waals surface area contributed by atoms with Crippen molar-refractivity contribution in [1.29, 1.82) is 0 Å². The van der Waals surface area contributed by atoms with Crippen LogP contribution in [0.3, 0.4) is 0 Å². The minimum absolute atomic E-state index is 0.806. The van der Waals surface area contributed by atoms with E-state index >= 15 is 0 Å². The summed E-state index contributed by atoms with van der Waals surface area (Å²) in [5, 5.41) is 0. The number of aromatic nitrogens is 1. The smallest absolute Gasteiger partial charge is 0.122 e. The lowest BCUT2D eigenvalue weighted by Gasteiger charge is -2.04. The summed E-state index contributed by atoms with van der Waals surface area (Å²) in [6.45, 7) is 2.82. The first-order valence-electron chi connectivity index (χ1n) is 5.53. The molecule has 0 N–H and O–H groups in total. The average Bonchev–Trinajstić information content (AvgIpc) is 2.75. The second-order valence-electron chi connectivity index (χ2n) is 4.09. The first-order valence-corrected chi connectivity index (χ1v) is 5.53. The Morgan fingerprint density at radius 3 is 3.00 bits per heavy atom. The van der Waals surface area contributed by atoms with Crippen molar-refractivity contribution < 1.29 is 4.74 Å². The monoisotopic (exact) mass is 211 g/mol. The molecular weight excluding hydrogens is 198 g/mol. The van der Waals surface area contributed by atoms with Crippen LogP contribution < -0.4 is 4.74 Å². The average molecular weight is 211 g/mol. The first kappa shape index (κ1) is 9.40. The Bertz CT molecular complexity index is 534. The molecule has 3 rings (SSSR count). The molecule has 0 atom stereocenters. The maximum absolute atomic E-state index is 5.49. The molecular formula is C14H13NO. The molecule has 1 aliphatic rings. The molecule has 0 amide bonds. The minimum Gasteiger partial charge on any atom is -0.493 e. The Balaban J connectivity index is 2.07. The van der Waals surface area contributed by atoms with E-state index in [2.05, 4.69) is 17.1 Å². The summed E-state index contributed by atoms with van der Waals surface area (Å²) in [5.41, 5.74) is 4.55. The lowest BCUT2D eigenvalue weighted by Crippen LogP contribution is -1.87. The van der Waals surface area contributed by atoms with Crippen LogP contribution in [0.15, 0.2) is 36.4 Å². The van der Waals surface area contributed by atoms with Gasteiger partial charge in [-0.3, -0.25) is 4.98 Å². The predicted molar refractivity (Wildman–Crippen MR) is 63.6 cm³/mol. The number of ether oxygens (including phenoxy) is 1. The highest BCUT2D eigenvalue weighted by Gasteiger charge is 2.12. The third kappa shape index (κ3) is 1.56. The van der Waals surface area contributed by atoms with Crippen molar-refractivity contribution in [2.45, 2.75) is 13.3 Å². The largest absolute Gasteiger partial charge is 0.493 e. The molecule has 0 aliphatic carbocycles. The second-order valence-corrected chi connectivity index (χ2v) is 4.09. The van der Waals surface area contributed by atoms with Gasteiger partial charge in [-0.1, -0.05) is 6.07 Å². The highest BCUT2D eigenvalue weighted by atomic mass is 16.5. The minimum atomic E-state index is 0.806. The van der Waals surface area contributed by atoms with Crippen molar-refractivity contribution in [1.82, 2.24) is 4.98 Å². The van der Waals surface area contributed by atoms with Gasteiger partial charge in [0.2, 0.25) is 0 Å². The van der Waals surface area contributed by atoms with E-state index in [0.717, 1.165) is 30.2 Å². The van der Waals surface area contributed by atoms with E-state index in [-0.39, 0.29) is 0 Å². The molecule has 1 aliphatic heterocycles. The van der Waals surface area contributed by atoms with Gasteiger partial charge in [-0.05, 0) is 42.8 Å². The summed E-state index contributed by atoms with van der Waals surface area (Å²) < 4.78 is 5.49. The standard InChI is InChI=1S/C14H13NO/c1-10-3-2-4-13(15-10)11-5-6-14-12(9-11)7-8-16-14/h2-6,9H,7-8H2,1H3. The van der Waals surface area contributed by atoms with Gasteiger partial charge in [-0.15, -0.1) is 0 Å². The van der Waals surface area contributed by atoms with Crippen molar-refractivity contribution >= 4 is 0 Å². The molecule has 0 radical (unpaired) electrons. The molecule has 0 fully saturated rings. The van der Waals surface area contributed by atoms with Crippen LogP contribution in [0.25, 0.3) is 11.3 Å². The Labute approximate surface area is 94.9 Å². The lowest BCUT2D eigenvalue weighted by molar-refractivity contribution is 0.357. The molecule has 16 heavy (non-hydrogen) atoms. The van der Waals surface area contributed by atoms with Gasteiger partial charge in [-0.25, -0.2) is 0 Å². The molecule has 0 unspecified atom stereocenters. The number of benzene rings is 1. The van der Waals surface area contributed by atoms with Gasteiger partial charge < -0.3 is 4.74 Å². The maximum Gasteiger partial charge on any atom is 0.122 e. The van der Waals surface area contributed by atoms with Crippen LogP contribution in [-0.2, 0) is 6.42 Å². The fourth-order valence-corrected chi connectivity index (χ4v) is 2.05. The van der Waals surface area contributed by atoms with Crippen molar-refractivity contribution in [3.63, 3.8) is 0 Å². The molecule has 1 aromatic carbocycles. The summed E-state index contributed by atoms with van der Waals surface area (Å²) >= 11 is 0. The Morgan fingerprint density at radius 2 is 2.12 bits per heavy atom. The van der Waals surface area contributed by atoms with Crippen LogP contribution in [0.4, 0.5) is 0 Å². The van der Waals surface area contributed by atoms with Gasteiger partial charge in [0.05, 0.1) is 12.3 Å². The fourth-order valence-electron chi connectivity index (χ4n) is 2.05. The Hall–Kier alpha value is -1.83. The van der Waals surface area contributed by atoms with E-state index in [0.29, 0.717) is 0 Å². The van der Waals surface area contributed by atoms with Crippen LogP contribution in [0.5, 0.6) is 5.75 Å². The summed E-state index contributed by atoms with van der Waals surface area (Å²) in [6, 6.07) is 12.4. The van der Waals surface area contributed by atoms with Gasteiger partial charge in [0.1, 0.15) is 5.75 Å². The number of fused-ring (bicyclic) bond motifs is 1. The Kier molecular flexibility index (Phi) is 2.13. The van der Waals surface area contributed by atoms with Crippen molar-refractivity contribution in [3.8, 4) is 17.0 Å². The summed E-state index contributed by atoms with van der Waals surface area (Å²) in [4.78, 5) is 4.53. The number of aryl methyl sites for hydroxylation is 1. The van der Waals surface area contributed by atoms with E-state index in [4.69, 9.17) is 4.74 Å². The van der Waals surface area contributed by atoms with Gasteiger partial charge in [0.15, 0.2) is 0 Å². The second kappa shape index (κ2) is 3.63. The number of hydrogen-bond donors (Lipinski definition) is 0. The van der Waals surface area contributed by atoms with Crippen LogP contribution in [0.2, 0.25) is 0 Å². The summed E-state index contributed by atoms with van der Waals surface area (Å²) in [6.07, 6.45) is 1.01. The van der Waals surface area contributed by atoms with Crippen molar-refractivity contribution in [2.24, 2.45) is 0 Å². The molecule has 0 bridgehead atoms. The van der Waals surface area contributed by atoms with Crippen LogP contribution in [-0.4, -0.2) is 11.6 Å². The molecule has 2 heteroatoms. The number of hydrogen-bond acceptors (Lipinski definition) is 2. The number of rotatable bonds is 1. The van der Waals surface area contributed by atoms with Crippen LogP contribution >= 0.6 is 0 Å². The third-order valence-electron chi connectivity index (χ3n) is 2.87. The predicted octanol–water partition coefficient (Wildman–Crippen LogP) is 2.99. The SMILES string of the molecule is Cc1cccc(-c2ccc3c(c2)CCO3)n1.